The molecule has 1 saturated heterocycles. The zero-order valence-corrected chi connectivity index (χ0v) is 14.9. The molecule has 136 valence electrons. The van der Waals surface area contributed by atoms with Crippen molar-refractivity contribution in [1.82, 2.24) is 20.4 Å². The summed E-state index contributed by atoms with van der Waals surface area (Å²) in [7, 11) is 0. The van der Waals surface area contributed by atoms with Crippen LogP contribution in [0.1, 0.15) is 31.4 Å². The van der Waals surface area contributed by atoms with Gasteiger partial charge in [-0.3, -0.25) is 9.69 Å². The van der Waals surface area contributed by atoms with E-state index >= 15 is 0 Å². The first-order valence-corrected chi connectivity index (χ1v) is 9.27. The summed E-state index contributed by atoms with van der Waals surface area (Å²) < 4.78 is 0. The fourth-order valence-electron chi connectivity index (χ4n) is 3.36. The molecule has 0 bridgehead atoms. The minimum Gasteiger partial charge on any atom is -0.348 e. The summed E-state index contributed by atoms with van der Waals surface area (Å²) in [6.45, 7) is 5.78. The molecule has 0 radical (unpaired) electrons. The molecule has 3 amide bonds. The number of benzene rings is 1. The quantitative estimate of drug-likeness (QED) is 0.824. The van der Waals surface area contributed by atoms with Gasteiger partial charge in [-0.05, 0) is 31.2 Å². The number of urea groups is 1. The third-order valence-electron chi connectivity index (χ3n) is 4.92. The van der Waals surface area contributed by atoms with Gasteiger partial charge in [0, 0.05) is 32.7 Å². The fourth-order valence-corrected chi connectivity index (χ4v) is 3.36. The second-order valence-electron chi connectivity index (χ2n) is 6.89. The molecule has 6 heteroatoms. The molecule has 25 heavy (non-hydrogen) atoms. The highest BCUT2D eigenvalue weighted by atomic mass is 16.2. The van der Waals surface area contributed by atoms with E-state index in [0.717, 1.165) is 13.1 Å². The topological polar surface area (TPSA) is 64.7 Å². The van der Waals surface area contributed by atoms with Crippen LogP contribution in [0, 0.1) is 5.92 Å². The Hall–Kier alpha value is -2.08. The highest BCUT2D eigenvalue weighted by Gasteiger charge is 2.33. The lowest BCUT2D eigenvalue weighted by molar-refractivity contribution is -0.123. The van der Waals surface area contributed by atoms with Gasteiger partial charge in [-0.2, -0.15) is 0 Å². The van der Waals surface area contributed by atoms with Crippen LogP contribution in [0.3, 0.4) is 0 Å². The Morgan fingerprint density at radius 3 is 2.40 bits per heavy atom. The Bertz CT molecular complexity index is 580. The molecule has 0 spiro atoms. The minimum absolute atomic E-state index is 0.00974. The lowest BCUT2D eigenvalue weighted by Gasteiger charge is -2.34. The van der Waals surface area contributed by atoms with Gasteiger partial charge in [-0.25, -0.2) is 4.79 Å². The number of nitrogens with one attached hydrogen (secondary N) is 2. The van der Waals surface area contributed by atoms with Crippen LogP contribution in [-0.2, 0) is 4.79 Å². The maximum Gasteiger partial charge on any atom is 0.317 e. The molecule has 1 heterocycles. The predicted octanol–water partition coefficient (Wildman–Crippen LogP) is 1.60. The van der Waals surface area contributed by atoms with Crippen molar-refractivity contribution in [3.05, 3.63) is 35.9 Å². The van der Waals surface area contributed by atoms with Gasteiger partial charge in [0.2, 0.25) is 5.91 Å². The number of piperazine rings is 1. The third kappa shape index (κ3) is 4.95. The normalized spacial score (nSPS) is 19.3. The smallest absolute Gasteiger partial charge is 0.317 e. The Balaban J connectivity index is 1.47. The average molecular weight is 344 g/mol. The van der Waals surface area contributed by atoms with Gasteiger partial charge in [0.25, 0.3) is 0 Å². The van der Waals surface area contributed by atoms with Crippen molar-refractivity contribution in [1.29, 1.82) is 0 Å². The van der Waals surface area contributed by atoms with Crippen molar-refractivity contribution in [3.8, 4) is 0 Å². The fraction of sp³-hybridized carbons (Fsp3) is 0.579. The van der Waals surface area contributed by atoms with E-state index in [0.29, 0.717) is 32.1 Å². The van der Waals surface area contributed by atoms with Crippen molar-refractivity contribution in [2.24, 2.45) is 5.92 Å². The van der Waals surface area contributed by atoms with Crippen LogP contribution >= 0.6 is 0 Å². The molecule has 1 saturated carbocycles. The van der Waals surface area contributed by atoms with Gasteiger partial charge < -0.3 is 15.5 Å². The van der Waals surface area contributed by atoms with Crippen LogP contribution in [0.5, 0.6) is 0 Å². The Labute approximate surface area is 149 Å². The van der Waals surface area contributed by atoms with Crippen molar-refractivity contribution >= 4 is 11.9 Å². The van der Waals surface area contributed by atoms with Gasteiger partial charge in [-0.1, -0.05) is 30.3 Å². The lowest BCUT2D eigenvalue weighted by Crippen LogP contribution is -2.53. The molecule has 1 aliphatic heterocycles. The van der Waals surface area contributed by atoms with Crippen LogP contribution < -0.4 is 10.6 Å². The van der Waals surface area contributed by atoms with Crippen LogP contribution in [0.25, 0.3) is 0 Å². The SMILES string of the molecule is CCNC(=O)N1CCN(CC(=O)NC(c2ccccc2)C2CC2)CC1. The van der Waals surface area contributed by atoms with Crippen molar-refractivity contribution in [3.63, 3.8) is 0 Å². The summed E-state index contributed by atoms with van der Waals surface area (Å²) >= 11 is 0. The van der Waals surface area contributed by atoms with Gasteiger partial charge >= 0.3 is 6.03 Å². The van der Waals surface area contributed by atoms with E-state index in [4.69, 9.17) is 0 Å². The van der Waals surface area contributed by atoms with Crippen LogP contribution in [0.15, 0.2) is 30.3 Å². The van der Waals surface area contributed by atoms with Gasteiger partial charge in [-0.15, -0.1) is 0 Å². The molecule has 6 nitrogen and oxygen atoms in total. The molecule has 2 N–H and O–H groups in total. The first kappa shape index (κ1) is 17.7. The van der Waals surface area contributed by atoms with Crippen molar-refractivity contribution < 1.29 is 9.59 Å². The number of nitrogens with zero attached hydrogens (tertiary/aromatic N) is 2. The molecule has 2 fully saturated rings. The largest absolute Gasteiger partial charge is 0.348 e. The molecule has 1 aromatic rings. The van der Waals surface area contributed by atoms with E-state index in [1.807, 2.05) is 30.0 Å². The van der Waals surface area contributed by atoms with E-state index in [1.165, 1.54) is 18.4 Å². The first-order chi connectivity index (χ1) is 12.2. The Kier molecular flexibility index (Phi) is 5.91. The number of rotatable bonds is 6. The van der Waals surface area contributed by atoms with E-state index in [-0.39, 0.29) is 18.0 Å². The zero-order valence-electron chi connectivity index (χ0n) is 14.9. The Morgan fingerprint density at radius 2 is 1.80 bits per heavy atom. The molecule has 1 atom stereocenters. The molecule has 0 aromatic heterocycles. The van der Waals surface area contributed by atoms with E-state index in [9.17, 15) is 9.59 Å². The van der Waals surface area contributed by atoms with Crippen molar-refractivity contribution in [2.45, 2.75) is 25.8 Å². The van der Waals surface area contributed by atoms with Gasteiger partial charge in [0.1, 0.15) is 0 Å². The number of amides is 3. The second-order valence-corrected chi connectivity index (χ2v) is 6.89. The van der Waals surface area contributed by atoms with E-state index in [1.54, 1.807) is 0 Å². The summed E-state index contributed by atoms with van der Waals surface area (Å²) in [4.78, 5) is 28.3. The summed E-state index contributed by atoms with van der Waals surface area (Å²) in [5.74, 6) is 0.646. The zero-order chi connectivity index (χ0) is 17.6. The maximum absolute atomic E-state index is 12.5. The molecule has 1 unspecified atom stereocenters. The number of hydrogen-bond acceptors (Lipinski definition) is 3. The summed E-state index contributed by atoms with van der Waals surface area (Å²) in [6.07, 6.45) is 2.37. The standard InChI is InChI=1S/C19H28N4O2/c1-2-20-19(25)23-12-10-22(11-13-23)14-17(24)21-18(16-8-9-16)15-6-4-3-5-7-15/h3-7,16,18H,2,8-14H2,1H3,(H,20,25)(H,21,24). The molecule has 3 rings (SSSR count). The number of hydrogen-bond donors (Lipinski definition) is 2. The molecule has 1 aliphatic carbocycles. The minimum atomic E-state index is -0.00974. The summed E-state index contributed by atoms with van der Waals surface area (Å²) in [5, 5.41) is 6.05. The predicted molar refractivity (Wildman–Crippen MR) is 97.1 cm³/mol. The lowest BCUT2D eigenvalue weighted by atomic mass is 10.0. The average Bonchev–Trinajstić information content (AvgIpc) is 3.46. The molecule has 1 aromatic carbocycles. The highest BCUT2D eigenvalue weighted by Crippen LogP contribution is 2.40. The summed E-state index contributed by atoms with van der Waals surface area (Å²) in [6, 6.07) is 10.4. The van der Waals surface area contributed by atoms with Crippen LogP contribution in [-0.4, -0.2) is 61.0 Å². The molecular weight excluding hydrogens is 316 g/mol. The molecule has 2 aliphatic rings. The van der Waals surface area contributed by atoms with Gasteiger partial charge in [0.05, 0.1) is 12.6 Å². The Morgan fingerprint density at radius 1 is 1.12 bits per heavy atom. The van der Waals surface area contributed by atoms with Crippen molar-refractivity contribution in [2.75, 3.05) is 39.3 Å². The highest BCUT2D eigenvalue weighted by molar-refractivity contribution is 5.78. The van der Waals surface area contributed by atoms with E-state index < -0.39 is 0 Å². The van der Waals surface area contributed by atoms with E-state index in [2.05, 4.69) is 27.7 Å². The monoisotopic (exact) mass is 344 g/mol. The maximum atomic E-state index is 12.5. The van der Waals surface area contributed by atoms with Crippen LogP contribution in [0.4, 0.5) is 4.79 Å². The van der Waals surface area contributed by atoms with Gasteiger partial charge in [0.15, 0.2) is 0 Å². The third-order valence-corrected chi connectivity index (χ3v) is 4.92. The number of carbonyl (C=O) groups is 2. The molecular formula is C19H28N4O2. The number of carbonyl (C=O) groups excluding carboxylic acids is 2. The summed E-state index contributed by atoms with van der Waals surface area (Å²) in [5.41, 5.74) is 1.19. The van der Waals surface area contributed by atoms with Crippen LogP contribution in [0.2, 0.25) is 0 Å². The first-order valence-electron chi connectivity index (χ1n) is 9.27. The second kappa shape index (κ2) is 8.34.